The molecule has 2 atom stereocenters. The molecule has 0 saturated heterocycles. The van der Waals surface area contributed by atoms with E-state index >= 15 is 0 Å². The fraction of sp³-hybridized carbons (Fsp3) is 0.500. The van der Waals surface area contributed by atoms with Crippen molar-refractivity contribution in [3.05, 3.63) is 29.8 Å². The van der Waals surface area contributed by atoms with E-state index in [0.717, 1.165) is 5.75 Å². The second-order valence-electron chi connectivity index (χ2n) is 5.46. The van der Waals surface area contributed by atoms with Gasteiger partial charge in [0.2, 0.25) is 14.5 Å². The maximum absolute atomic E-state index is 13.8. The molecule has 0 radical (unpaired) electrons. The smallest absolute Gasteiger partial charge is 0.342 e. The van der Waals surface area contributed by atoms with Gasteiger partial charge in [-0.2, -0.15) is 0 Å². The monoisotopic (exact) mass is 335 g/mol. The molecule has 1 unspecified atom stereocenters. The Morgan fingerprint density at radius 3 is 2.24 bits per heavy atom. The highest BCUT2D eigenvalue weighted by Gasteiger charge is 2.27. The Balaban J connectivity index is 0.00000400. The first-order chi connectivity index (χ1) is 9.24. The quantitative estimate of drug-likeness (QED) is 0.640. The lowest BCUT2D eigenvalue weighted by Gasteiger charge is -2.20. The molecule has 1 aromatic rings. The summed E-state index contributed by atoms with van der Waals surface area (Å²) in [6, 6.07) is 5.80. The predicted octanol–water partition coefficient (Wildman–Crippen LogP) is 3.22. The van der Waals surface area contributed by atoms with E-state index < -0.39 is 26.5 Å². The summed E-state index contributed by atoms with van der Waals surface area (Å²) in [5.41, 5.74) is 6.27. The number of rotatable bonds is 6. The van der Waals surface area contributed by atoms with Gasteiger partial charge in [-0.05, 0) is 44.3 Å². The molecule has 0 spiro atoms. The second kappa shape index (κ2) is 8.36. The van der Waals surface area contributed by atoms with Crippen LogP contribution in [0.1, 0.15) is 18.5 Å². The molecule has 0 heterocycles. The summed E-state index contributed by atoms with van der Waals surface area (Å²) in [5.74, 6) is -0.200. The molecule has 0 aromatic heterocycles. The van der Waals surface area contributed by atoms with Crippen molar-refractivity contribution in [3.63, 3.8) is 0 Å². The number of hydrogen-bond donors (Lipinski definition) is 1. The van der Waals surface area contributed by atoms with Crippen LogP contribution in [0.15, 0.2) is 24.3 Å². The molecule has 0 aliphatic rings. The maximum atomic E-state index is 13.8. The number of carbonyl (C=O) groups is 1. The Kier molecular flexibility index (Phi) is 7.92. The van der Waals surface area contributed by atoms with E-state index in [4.69, 9.17) is 10.2 Å². The Morgan fingerprint density at radius 1 is 1.29 bits per heavy atom. The highest BCUT2D eigenvalue weighted by molar-refractivity contribution is 6.70. The fourth-order valence-corrected chi connectivity index (χ4v) is 2.49. The molecule has 0 fully saturated rings. The van der Waals surface area contributed by atoms with Gasteiger partial charge in [0.1, 0.15) is 5.75 Å². The van der Waals surface area contributed by atoms with Crippen LogP contribution in [0.4, 0.5) is 4.39 Å². The van der Waals surface area contributed by atoms with E-state index in [1.165, 1.54) is 0 Å². The minimum Gasteiger partial charge on any atom is -0.544 e. The molecule has 1 aromatic carbocycles. The zero-order valence-corrected chi connectivity index (χ0v) is 14.6. The number of ether oxygens (including phenoxy) is 1. The maximum Gasteiger partial charge on any atom is 0.342 e. The highest BCUT2D eigenvalue weighted by atomic mass is 35.5. The van der Waals surface area contributed by atoms with Crippen molar-refractivity contribution in [2.45, 2.75) is 38.8 Å². The van der Waals surface area contributed by atoms with Crippen molar-refractivity contribution in [3.8, 4) is 5.75 Å². The minimum absolute atomic E-state index is 0. The lowest BCUT2D eigenvalue weighted by atomic mass is 10.0. The van der Waals surface area contributed by atoms with Crippen LogP contribution in [0.2, 0.25) is 19.6 Å². The van der Waals surface area contributed by atoms with Crippen LogP contribution in [-0.2, 0) is 9.53 Å². The lowest BCUT2D eigenvalue weighted by Crippen LogP contribution is -2.31. The number of hydrogen-bond acceptors (Lipinski definition) is 4. The van der Waals surface area contributed by atoms with Gasteiger partial charge in [-0.3, -0.25) is 0 Å². The summed E-state index contributed by atoms with van der Waals surface area (Å²) in [6.07, 6.45) is -1.86. The average Bonchev–Trinajstić information content (AvgIpc) is 2.36. The summed E-state index contributed by atoms with van der Waals surface area (Å²) >= 11 is 0. The van der Waals surface area contributed by atoms with E-state index in [0.29, 0.717) is 5.56 Å². The molecule has 21 heavy (non-hydrogen) atoms. The zero-order chi connectivity index (χ0) is 15.3. The van der Waals surface area contributed by atoms with Crippen LogP contribution < -0.4 is 10.2 Å². The van der Waals surface area contributed by atoms with Crippen LogP contribution in [0.3, 0.4) is 0 Å². The number of alkyl halides is 1. The second-order valence-corrected chi connectivity index (χ2v) is 9.89. The average molecular weight is 336 g/mol. The predicted molar refractivity (Wildman–Crippen MR) is 86.1 cm³/mol. The Morgan fingerprint density at radius 2 is 1.81 bits per heavy atom. The van der Waals surface area contributed by atoms with Gasteiger partial charge in [0.05, 0.1) is 12.6 Å². The molecule has 2 N–H and O–H groups in total. The first-order valence-electron chi connectivity index (χ1n) is 6.60. The standard InChI is InChI=1S/C14H22FNO3Si.ClH/c1-5-18-14(17)12(15)13(16)10-6-8-11(9-7-10)19-20(2,3)4;/h6-9,12-13H,5,16H2,1-4H3;1H/t12?,13-;/m0./s1. The fourth-order valence-electron chi connectivity index (χ4n) is 1.65. The van der Waals surface area contributed by atoms with Crippen molar-refractivity contribution in [1.82, 2.24) is 0 Å². The van der Waals surface area contributed by atoms with Crippen LogP contribution >= 0.6 is 12.4 Å². The van der Waals surface area contributed by atoms with Gasteiger partial charge >= 0.3 is 5.97 Å². The molecular weight excluding hydrogens is 313 g/mol. The van der Waals surface area contributed by atoms with Crippen LogP contribution in [0.5, 0.6) is 5.75 Å². The third-order valence-electron chi connectivity index (χ3n) is 2.52. The Labute approximate surface area is 132 Å². The normalized spacial score (nSPS) is 13.8. The SMILES string of the molecule is CCOC(=O)C(F)[C@@H](N)c1ccc(O[Si](C)(C)C)cc1.Cl. The molecule has 0 bridgehead atoms. The molecule has 7 heteroatoms. The Bertz CT molecular complexity index is 451. The molecule has 1 rings (SSSR count). The van der Waals surface area contributed by atoms with Crippen molar-refractivity contribution >= 4 is 26.7 Å². The molecular formula is C14H23ClFNO3Si. The molecule has 0 amide bonds. The molecule has 0 aliphatic carbocycles. The third-order valence-corrected chi connectivity index (χ3v) is 3.36. The van der Waals surface area contributed by atoms with Gasteiger partial charge in [-0.15, -0.1) is 12.4 Å². The van der Waals surface area contributed by atoms with Gasteiger partial charge in [-0.1, -0.05) is 12.1 Å². The van der Waals surface area contributed by atoms with E-state index in [1.54, 1.807) is 31.2 Å². The van der Waals surface area contributed by atoms with E-state index in [2.05, 4.69) is 24.4 Å². The molecule has 4 nitrogen and oxygen atoms in total. The topological polar surface area (TPSA) is 61.5 Å². The lowest BCUT2D eigenvalue weighted by molar-refractivity contribution is -0.149. The van der Waals surface area contributed by atoms with Crippen molar-refractivity contribution in [1.29, 1.82) is 0 Å². The first-order valence-corrected chi connectivity index (χ1v) is 10.0. The van der Waals surface area contributed by atoms with Crippen LogP contribution in [-0.4, -0.2) is 27.1 Å². The third kappa shape index (κ3) is 6.45. The van der Waals surface area contributed by atoms with Crippen molar-refractivity contribution in [2.24, 2.45) is 5.73 Å². The van der Waals surface area contributed by atoms with E-state index in [1.807, 2.05) is 0 Å². The number of esters is 1. The number of benzene rings is 1. The van der Waals surface area contributed by atoms with Gasteiger partial charge in [0.15, 0.2) is 0 Å². The van der Waals surface area contributed by atoms with E-state index in [9.17, 15) is 9.18 Å². The summed E-state index contributed by atoms with van der Waals surface area (Å²) in [4.78, 5) is 11.3. The summed E-state index contributed by atoms with van der Waals surface area (Å²) in [6.45, 7) is 7.98. The first kappa shape index (κ1) is 19.9. The van der Waals surface area contributed by atoms with Crippen LogP contribution in [0, 0.1) is 0 Å². The van der Waals surface area contributed by atoms with Crippen molar-refractivity contribution < 1.29 is 18.3 Å². The van der Waals surface area contributed by atoms with Gasteiger partial charge < -0.3 is 14.9 Å². The van der Waals surface area contributed by atoms with Gasteiger partial charge in [-0.25, -0.2) is 9.18 Å². The van der Waals surface area contributed by atoms with E-state index in [-0.39, 0.29) is 19.0 Å². The highest BCUT2D eigenvalue weighted by Crippen LogP contribution is 2.22. The summed E-state index contributed by atoms with van der Waals surface area (Å²) < 4.78 is 24.2. The number of halogens is 2. The van der Waals surface area contributed by atoms with Crippen molar-refractivity contribution in [2.75, 3.05) is 6.61 Å². The minimum atomic E-state index is -1.86. The van der Waals surface area contributed by atoms with Gasteiger partial charge in [0.25, 0.3) is 0 Å². The largest absolute Gasteiger partial charge is 0.544 e. The molecule has 0 aliphatic heterocycles. The Hall–Kier alpha value is -1.11. The zero-order valence-electron chi connectivity index (χ0n) is 12.8. The van der Waals surface area contributed by atoms with Gasteiger partial charge in [0, 0.05) is 0 Å². The number of carbonyl (C=O) groups excluding carboxylic acids is 1. The molecule has 0 saturated carbocycles. The number of nitrogens with two attached hydrogens (primary N) is 1. The van der Waals surface area contributed by atoms with Crippen LogP contribution in [0.25, 0.3) is 0 Å². The summed E-state index contributed by atoms with van der Waals surface area (Å²) in [5, 5.41) is 0. The molecule has 120 valence electrons. The summed E-state index contributed by atoms with van der Waals surface area (Å²) in [7, 11) is -1.67.